The number of amides is 11. The van der Waals surface area contributed by atoms with E-state index in [1.807, 2.05) is 37.3 Å². The maximum atomic E-state index is 14.4. The molecule has 29 nitrogen and oxygen atoms in total. The van der Waals surface area contributed by atoms with Crippen molar-refractivity contribution in [1.29, 1.82) is 0 Å². The van der Waals surface area contributed by atoms with E-state index in [4.69, 9.17) is 11.5 Å². The van der Waals surface area contributed by atoms with Crippen molar-refractivity contribution in [3.8, 4) is 0 Å². The van der Waals surface area contributed by atoms with Gasteiger partial charge in [-0.25, -0.2) is 0 Å². The van der Waals surface area contributed by atoms with Gasteiger partial charge in [-0.05, 0) is 68.4 Å². The minimum atomic E-state index is -1.77. The van der Waals surface area contributed by atoms with Crippen molar-refractivity contribution in [2.45, 2.75) is 200 Å². The topological polar surface area (TPSA) is 454 Å². The number of primary amides is 1. The first kappa shape index (κ1) is 74.5. The number of carbonyl (C=O) groups excluding carboxylic acids is 12. The fraction of sp³-hybridized carbons (Fsp3) is 0.678. The molecule has 2 aliphatic rings. The zero-order valence-corrected chi connectivity index (χ0v) is 52.6. The summed E-state index contributed by atoms with van der Waals surface area (Å²) in [5.41, 5.74) is 12.1. The molecule has 0 aromatic heterocycles. The van der Waals surface area contributed by atoms with Gasteiger partial charge < -0.3 is 85.5 Å². The number of rotatable bonds is 32. The zero-order chi connectivity index (χ0) is 66.1. The molecule has 1 aromatic rings. The highest BCUT2D eigenvalue weighted by Crippen LogP contribution is 2.20. The van der Waals surface area contributed by atoms with Gasteiger partial charge in [0.1, 0.15) is 54.4 Å². The Balaban J connectivity index is 1.85. The number of Topliss-reactive ketones (excluding diaryl/α,β-unsaturated/α-hetero) is 1. The maximum Gasteiger partial charge on any atom is 0.245 e. The number of benzene rings is 1. The Morgan fingerprint density at radius 2 is 1.10 bits per heavy atom. The molecule has 11 amide bonds. The van der Waals surface area contributed by atoms with Crippen LogP contribution in [0.25, 0.3) is 0 Å². The van der Waals surface area contributed by atoms with Crippen LogP contribution >= 0.6 is 0 Å². The summed E-state index contributed by atoms with van der Waals surface area (Å²) in [5.74, 6) is -13.0. The summed E-state index contributed by atoms with van der Waals surface area (Å²) in [4.78, 5) is 170. The second-order valence-corrected chi connectivity index (χ2v) is 23.3. The minimum Gasteiger partial charge on any atom is -0.394 e. The van der Waals surface area contributed by atoms with Crippen molar-refractivity contribution in [3.63, 3.8) is 0 Å². The minimum absolute atomic E-state index is 0.0305. The molecule has 0 bridgehead atoms. The van der Waals surface area contributed by atoms with Gasteiger partial charge in [0.05, 0.1) is 37.9 Å². The number of hydrogen-bond acceptors (Lipinski definition) is 18. The van der Waals surface area contributed by atoms with E-state index in [1.165, 1.54) is 13.8 Å². The van der Waals surface area contributed by atoms with Crippen LogP contribution in [0.4, 0.5) is 0 Å². The molecule has 1 aromatic carbocycles. The third-order valence-corrected chi connectivity index (χ3v) is 16.5. The van der Waals surface area contributed by atoms with E-state index in [0.29, 0.717) is 19.3 Å². The smallest absolute Gasteiger partial charge is 0.245 e. The third-order valence-electron chi connectivity index (χ3n) is 16.5. The molecular formula is C59H97N15O14. The SMILES string of the molecule is CC[C@H](C)[C@@H]1NC(=O)[C@H](C[C@H]2CN=C(N)N2)NC(=O)[C@H](C)NC(=O)[C@H](NC(=O)[C@H](CO)NC(=O)[C@@H](NC(=O)[C@H](NC(=O)[C@@H](CCC(N)=O)NC(=O)[C@H](CO)NC(=O)[C@@H](NC(=O)[C@@H](Cc2ccccc2)NC)[C@@H](C)CC)[C@@H](C)CC)[C@@H](C)CC)[C@H](C)CC1=O. The van der Waals surface area contributed by atoms with Crippen molar-refractivity contribution < 1.29 is 67.7 Å². The van der Waals surface area contributed by atoms with Crippen LogP contribution in [0.3, 0.4) is 0 Å². The monoisotopic (exact) mass is 1240 g/mol. The molecule has 0 unspecified atom stereocenters. The summed E-state index contributed by atoms with van der Waals surface area (Å²) >= 11 is 0. The summed E-state index contributed by atoms with van der Waals surface area (Å²) in [6, 6.07) is -6.13. The van der Waals surface area contributed by atoms with Gasteiger partial charge >= 0.3 is 0 Å². The molecule has 1 fully saturated rings. The third kappa shape index (κ3) is 22.4. The van der Waals surface area contributed by atoms with E-state index in [-0.39, 0.29) is 38.2 Å². The van der Waals surface area contributed by atoms with Crippen LogP contribution in [0.15, 0.2) is 35.3 Å². The summed E-state index contributed by atoms with van der Waals surface area (Å²) in [6.07, 6.45) is 0.556. The van der Waals surface area contributed by atoms with Gasteiger partial charge in [0, 0.05) is 12.8 Å². The predicted molar refractivity (Wildman–Crippen MR) is 325 cm³/mol. The van der Waals surface area contributed by atoms with Gasteiger partial charge in [0.2, 0.25) is 65.0 Å². The van der Waals surface area contributed by atoms with Crippen molar-refractivity contribution in [2.24, 2.45) is 46.0 Å². The number of likely N-dealkylation sites (N-methyl/N-ethyl adjacent to an activating group) is 1. The van der Waals surface area contributed by atoms with Gasteiger partial charge in [0.25, 0.3) is 0 Å². The van der Waals surface area contributed by atoms with E-state index in [0.717, 1.165) is 5.56 Å². The van der Waals surface area contributed by atoms with Gasteiger partial charge in [-0.1, -0.05) is 118 Å². The molecule has 0 aliphatic carbocycles. The van der Waals surface area contributed by atoms with E-state index in [1.54, 1.807) is 55.5 Å². The molecule has 492 valence electrons. The lowest BCUT2D eigenvalue weighted by Gasteiger charge is -2.31. The standard InChI is InChI=1S/C59H97N15O14/c1-12-29(5)44-42(77)23-33(9)48(55(85)64-34(10)49(79)67-39(52(82)70-44)25-36-26-63-59(61)65-36)73-54(84)41(28-76)69-57(87)46(31(7)14-3)74-58(88)47(32(8)15-4)71-50(80)37(21-22-43(60)78)66-53(83)40(27-75)68-56(86)45(30(6)13-2)72-51(81)38(62-11)24-35-19-17-16-18-20-35/h16-20,29-34,36-41,44-48,62,75-76H,12-15,21-28H2,1-11H3,(H2,60,78)(H,64,85)(H,66,83)(H,67,79)(H,68,86)(H,69,87)(H,70,82)(H,71,80)(H,72,81)(H,73,84)(H,74,88)(H3,61,63,65)/t29-,30-,31-,32-,33+,34-,36-,37+,38+,39-,40-,41-,44-,45-,46-,47+,48+/m0/s1. The van der Waals surface area contributed by atoms with E-state index in [2.05, 4.69) is 68.8 Å². The van der Waals surface area contributed by atoms with E-state index >= 15 is 0 Å². The summed E-state index contributed by atoms with van der Waals surface area (Å²) in [7, 11) is 1.60. The number of guanidine groups is 1. The molecule has 0 saturated carbocycles. The lowest BCUT2D eigenvalue weighted by Crippen LogP contribution is -2.63. The Morgan fingerprint density at radius 3 is 1.58 bits per heavy atom. The molecular weight excluding hydrogens is 1140 g/mol. The predicted octanol–water partition coefficient (Wildman–Crippen LogP) is -3.59. The van der Waals surface area contributed by atoms with Gasteiger partial charge in [-0.3, -0.25) is 62.5 Å². The average molecular weight is 1240 g/mol. The van der Waals surface area contributed by atoms with Gasteiger partial charge in [0.15, 0.2) is 11.7 Å². The molecule has 3 rings (SSSR count). The van der Waals surface area contributed by atoms with Crippen LogP contribution < -0.4 is 75.3 Å². The number of nitrogens with zero attached hydrogens (tertiary/aromatic N) is 1. The second-order valence-electron chi connectivity index (χ2n) is 23.3. The number of aliphatic hydroxyl groups excluding tert-OH is 2. The van der Waals surface area contributed by atoms with E-state index < -0.39 is 199 Å². The highest BCUT2D eigenvalue weighted by Gasteiger charge is 2.41. The number of ketones is 1. The Morgan fingerprint density at radius 1 is 0.614 bits per heavy atom. The van der Waals surface area contributed by atoms with Crippen LogP contribution in [0, 0.1) is 29.6 Å². The van der Waals surface area contributed by atoms with Gasteiger partial charge in [-0.2, -0.15) is 0 Å². The highest BCUT2D eigenvalue weighted by molar-refractivity contribution is 6.00. The molecule has 18 N–H and O–H groups in total. The number of nitrogens with one attached hydrogen (secondary N) is 12. The van der Waals surface area contributed by atoms with Crippen molar-refractivity contribution >= 4 is 76.7 Å². The van der Waals surface area contributed by atoms with E-state index in [9.17, 15) is 67.7 Å². The van der Waals surface area contributed by atoms with Crippen molar-refractivity contribution in [3.05, 3.63) is 35.9 Å². The van der Waals surface area contributed by atoms with Crippen molar-refractivity contribution in [2.75, 3.05) is 26.8 Å². The Labute approximate surface area is 514 Å². The van der Waals surface area contributed by atoms with Crippen LogP contribution in [-0.4, -0.2) is 186 Å². The normalized spacial score (nSPS) is 22.8. The van der Waals surface area contributed by atoms with Crippen LogP contribution in [0.1, 0.15) is 126 Å². The molecule has 17 atom stereocenters. The lowest BCUT2D eigenvalue weighted by atomic mass is 9.87. The van der Waals surface area contributed by atoms with Crippen LogP contribution in [-0.2, 0) is 64.0 Å². The number of aliphatic hydroxyl groups is 2. The maximum absolute atomic E-state index is 14.4. The Hall–Kier alpha value is -7.79. The number of hydrogen-bond donors (Lipinski definition) is 16. The highest BCUT2D eigenvalue weighted by atomic mass is 16.3. The Bertz CT molecular complexity index is 2610. The summed E-state index contributed by atoms with van der Waals surface area (Å²) in [5, 5.41) is 52.8. The molecule has 0 spiro atoms. The fourth-order valence-corrected chi connectivity index (χ4v) is 9.91. The molecule has 88 heavy (non-hydrogen) atoms. The molecule has 1 saturated heterocycles. The second kappa shape index (κ2) is 36.5. The molecule has 0 radical (unpaired) electrons. The largest absolute Gasteiger partial charge is 0.394 e. The first-order chi connectivity index (χ1) is 41.6. The summed E-state index contributed by atoms with van der Waals surface area (Å²) in [6.45, 7) is 14.8. The fourth-order valence-electron chi connectivity index (χ4n) is 9.91. The van der Waals surface area contributed by atoms with Gasteiger partial charge in [-0.15, -0.1) is 0 Å². The molecule has 2 aliphatic heterocycles. The first-order valence-electron chi connectivity index (χ1n) is 30.4. The first-order valence-corrected chi connectivity index (χ1v) is 30.4. The average Bonchev–Trinajstić information content (AvgIpc) is 4.08. The molecule has 2 heterocycles. The number of aliphatic imine (C=N–C) groups is 1. The Kier molecular flexibility index (Phi) is 30.9. The van der Waals surface area contributed by atoms with Crippen LogP contribution in [0.2, 0.25) is 0 Å². The number of carbonyl (C=O) groups is 12. The lowest BCUT2D eigenvalue weighted by molar-refractivity contribution is -0.138. The zero-order valence-electron chi connectivity index (χ0n) is 52.6. The quantitative estimate of drug-likeness (QED) is 0.0331. The summed E-state index contributed by atoms with van der Waals surface area (Å²) < 4.78 is 0. The van der Waals surface area contributed by atoms with Crippen LogP contribution in [0.5, 0.6) is 0 Å². The molecule has 29 heteroatoms. The van der Waals surface area contributed by atoms with Crippen molar-refractivity contribution in [1.82, 2.24) is 63.8 Å². The number of nitrogens with two attached hydrogens (primary N) is 2.